The topological polar surface area (TPSA) is 30.2 Å². The number of hydrogen-bond acceptors (Lipinski definition) is 2. The van der Waals surface area contributed by atoms with Crippen LogP contribution >= 0.6 is 0 Å². The van der Waals surface area contributed by atoms with Crippen molar-refractivity contribution in [2.24, 2.45) is 0 Å². The van der Waals surface area contributed by atoms with Gasteiger partial charge in [0.15, 0.2) is 0 Å². The maximum absolute atomic E-state index is 5.17. The van der Waals surface area contributed by atoms with Crippen LogP contribution in [0.25, 0.3) is 115 Å². The van der Waals surface area contributed by atoms with Gasteiger partial charge in [-0.25, -0.2) is 9.97 Å². The normalized spacial score (nSPS) is 11.9. The molecule has 0 radical (unpaired) electrons. The molecule has 3 heterocycles. The Morgan fingerprint density at radius 1 is 0.298 bits per heavy atom. The Kier molecular flexibility index (Phi) is 6.93. The fourth-order valence-corrected chi connectivity index (χ4v) is 8.79. The highest BCUT2D eigenvalue weighted by atomic mass is 15.0. The minimum absolute atomic E-state index is 0.974. The van der Waals surface area contributed by atoms with Gasteiger partial charge < -0.3 is 0 Å². The van der Waals surface area contributed by atoms with Gasteiger partial charge in [0, 0.05) is 27.1 Å². The molecule has 0 saturated heterocycles. The Hall–Kier alpha value is -7.62. The molecule has 12 rings (SSSR count). The highest BCUT2D eigenvalue weighted by Crippen LogP contribution is 2.38. The number of hydrogen-bond donors (Lipinski definition) is 0. The van der Waals surface area contributed by atoms with Crippen LogP contribution in [0.3, 0.4) is 0 Å². The summed E-state index contributed by atoms with van der Waals surface area (Å²) < 4.78 is 2.33. The average molecular weight is 724 g/mol. The fraction of sp³-hybridized carbons (Fsp3) is 0. The molecule has 0 saturated carbocycles. The average Bonchev–Trinajstić information content (AvgIpc) is 3.69. The smallest absolute Gasteiger partial charge is 0.146 e. The van der Waals surface area contributed by atoms with Crippen molar-refractivity contribution < 1.29 is 0 Å². The molecule has 12 aromatic rings. The molecule has 9 aromatic carbocycles. The van der Waals surface area contributed by atoms with E-state index in [9.17, 15) is 0 Å². The first kappa shape index (κ1) is 31.7. The van der Waals surface area contributed by atoms with E-state index in [4.69, 9.17) is 9.97 Å². The summed E-state index contributed by atoms with van der Waals surface area (Å²) in [5.41, 5.74) is 14.5. The Balaban J connectivity index is 0.972. The van der Waals surface area contributed by atoms with Crippen LogP contribution in [0, 0.1) is 0 Å². The second-order valence-corrected chi connectivity index (χ2v) is 15.0. The van der Waals surface area contributed by atoms with Crippen LogP contribution in [-0.4, -0.2) is 14.4 Å². The van der Waals surface area contributed by atoms with Crippen molar-refractivity contribution >= 4 is 70.8 Å². The van der Waals surface area contributed by atoms with Gasteiger partial charge in [-0.2, -0.15) is 0 Å². The first-order chi connectivity index (χ1) is 28.2. The number of aromatic nitrogens is 3. The maximum atomic E-state index is 5.17. The molecule has 0 amide bonds. The zero-order valence-electron chi connectivity index (χ0n) is 30.9. The van der Waals surface area contributed by atoms with Crippen LogP contribution < -0.4 is 0 Å². The van der Waals surface area contributed by atoms with Crippen molar-refractivity contribution in [2.45, 2.75) is 0 Å². The molecule has 0 fully saturated rings. The lowest BCUT2D eigenvalue weighted by molar-refractivity contribution is 1.31. The zero-order valence-corrected chi connectivity index (χ0v) is 30.9. The summed E-state index contributed by atoms with van der Waals surface area (Å²) in [6, 6.07) is 72.3. The molecule has 3 nitrogen and oxygen atoms in total. The van der Waals surface area contributed by atoms with E-state index in [1.807, 2.05) is 0 Å². The second-order valence-electron chi connectivity index (χ2n) is 15.0. The van der Waals surface area contributed by atoms with Crippen LogP contribution in [0.4, 0.5) is 0 Å². The molecule has 0 unspecified atom stereocenters. The number of fused-ring (bicyclic) bond motifs is 12. The quantitative estimate of drug-likeness (QED) is 0.169. The lowest BCUT2D eigenvalue weighted by atomic mass is 9.95. The van der Waals surface area contributed by atoms with Crippen LogP contribution in [0.1, 0.15) is 0 Å². The molecular weight excluding hydrogens is 691 g/mol. The number of nitrogens with zero attached hydrogens (tertiary/aromatic N) is 3. The van der Waals surface area contributed by atoms with Gasteiger partial charge in [-0.05, 0) is 103 Å². The van der Waals surface area contributed by atoms with Gasteiger partial charge in [-0.3, -0.25) is 4.40 Å². The summed E-state index contributed by atoms with van der Waals surface area (Å²) in [6.45, 7) is 0. The molecule has 57 heavy (non-hydrogen) atoms. The number of imidazole rings is 1. The molecule has 0 N–H and O–H groups in total. The predicted octanol–water partition coefficient (Wildman–Crippen LogP) is 14.3. The SMILES string of the molecule is c1ccc2cc(-c3ccc(-c4ccc5c(c4)c4cc(-c6ccc(-c7ccc8ccc9ccccc9c8n7)cc6)ccc4n4c6ccccc6nc54)cc3)ccc2c1. The molecule has 0 aliphatic carbocycles. The van der Waals surface area contributed by atoms with Gasteiger partial charge in [0.2, 0.25) is 0 Å². The van der Waals surface area contributed by atoms with Crippen molar-refractivity contribution in [1.82, 2.24) is 14.4 Å². The third-order valence-electron chi connectivity index (χ3n) is 11.7. The van der Waals surface area contributed by atoms with Crippen molar-refractivity contribution in [3.05, 3.63) is 200 Å². The van der Waals surface area contributed by atoms with E-state index in [1.54, 1.807) is 0 Å². The van der Waals surface area contributed by atoms with Gasteiger partial charge >= 0.3 is 0 Å². The first-order valence-corrected chi connectivity index (χ1v) is 19.5. The largest absolute Gasteiger partial charge is 0.292 e. The van der Waals surface area contributed by atoms with Gasteiger partial charge in [0.05, 0.1) is 27.8 Å². The Labute approximate surface area is 328 Å². The van der Waals surface area contributed by atoms with Gasteiger partial charge in [-0.1, -0.05) is 152 Å². The number of rotatable bonds is 4. The Morgan fingerprint density at radius 3 is 1.67 bits per heavy atom. The lowest BCUT2D eigenvalue weighted by Gasteiger charge is -2.13. The van der Waals surface area contributed by atoms with Crippen LogP contribution in [0.15, 0.2) is 200 Å². The highest BCUT2D eigenvalue weighted by Gasteiger charge is 2.16. The van der Waals surface area contributed by atoms with Crippen molar-refractivity contribution in [2.75, 3.05) is 0 Å². The minimum Gasteiger partial charge on any atom is -0.292 e. The van der Waals surface area contributed by atoms with Crippen LogP contribution in [0.5, 0.6) is 0 Å². The number of benzene rings is 9. The lowest BCUT2D eigenvalue weighted by Crippen LogP contribution is -1.93. The summed E-state index contributed by atoms with van der Waals surface area (Å²) in [6.07, 6.45) is 0. The van der Waals surface area contributed by atoms with E-state index in [0.717, 1.165) is 55.3 Å². The summed E-state index contributed by atoms with van der Waals surface area (Å²) in [4.78, 5) is 10.3. The minimum atomic E-state index is 0.974. The molecule has 0 spiro atoms. The molecular formula is C54H33N3. The highest BCUT2D eigenvalue weighted by molar-refractivity contribution is 6.15. The summed E-state index contributed by atoms with van der Waals surface area (Å²) in [5.74, 6) is 0. The van der Waals surface area contributed by atoms with E-state index in [0.29, 0.717) is 0 Å². The third-order valence-corrected chi connectivity index (χ3v) is 11.7. The maximum Gasteiger partial charge on any atom is 0.146 e. The van der Waals surface area contributed by atoms with Gasteiger partial charge in [-0.15, -0.1) is 0 Å². The van der Waals surface area contributed by atoms with E-state index in [-0.39, 0.29) is 0 Å². The van der Waals surface area contributed by atoms with E-state index < -0.39 is 0 Å². The van der Waals surface area contributed by atoms with Gasteiger partial charge in [0.1, 0.15) is 5.65 Å². The molecule has 3 aromatic heterocycles. The van der Waals surface area contributed by atoms with Crippen molar-refractivity contribution in [3.63, 3.8) is 0 Å². The second kappa shape index (κ2) is 12.5. The molecule has 0 aliphatic rings. The van der Waals surface area contributed by atoms with E-state index in [1.165, 1.54) is 60.1 Å². The van der Waals surface area contributed by atoms with Crippen molar-refractivity contribution in [3.8, 4) is 44.6 Å². The van der Waals surface area contributed by atoms with Crippen LogP contribution in [-0.2, 0) is 0 Å². The van der Waals surface area contributed by atoms with E-state index >= 15 is 0 Å². The standard InChI is InChI=1S/C54H33N3/c1-2-9-41-31-42(24-19-34(41)7-1)35-13-15-36(16-14-35)43-25-28-46-47(32-43)48-33-44(27-30-51(48)57-52-12-6-5-11-50(52)56-54(46)57)37-17-21-39(22-18-37)49-29-26-40-23-20-38-8-3-4-10-45(38)53(40)55-49/h1-33H. The van der Waals surface area contributed by atoms with Crippen molar-refractivity contribution in [1.29, 1.82) is 0 Å². The van der Waals surface area contributed by atoms with Crippen LogP contribution in [0.2, 0.25) is 0 Å². The fourth-order valence-electron chi connectivity index (χ4n) is 8.79. The third kappa shape index (κ3) is 5.13. The Bertz CT molecular complexity index is 3560. The monoisotopic (exact) mass is 723 g/mol. The summed E-state index contributed by atoms with van der Waals surface area (Å²) in [5, 5.41) is 9.57. The molecule has 264 valence electrons. The summed E-state index contributed by atoms with van der Waals surface area (Å²) in [7, 11) is 0. The molecule has 0 bridgehead atoms. The molecule has 0 atom stereocenters. The summed E-state index contributed by atoms with van der Waals surface area (Å²) >= 11 is 0. The molecule has 3 heteroatoms. The predicted molar refractivity (Wildman–Crippen MR) is 240 cm³/mol. The zero-order chi connectivity index (χ0) is 37.5. The molecule has 0 aliphatic heterocycles. The van der Waals surface area contributed by atoms with Gasteiger partial charge in [0.25, 0.3) is 0 Å². The first-order valence-electron chi connectivity index (χ1n) is 19.5. The van der Waals surface area contributed by atoms with E-state index in [2.05, 4.69) is 205 Å². The number of para-hydroxylation sites is 2. The Morgan fingerprint density at radius 2 is 0.860 bits per heavy atom. The number of pyridine rings is 2.